The van der Waals surface area contributed by atoms with Crippen molar-refractivity contribution >= 4 is 34.4 Å². The van der Waals surface area contributed by atoms with E-state index >= 15 is 0 Å². The number of hydrogen-bond donors (Lipinski definition) is 1. The summed E-state index contributed by atoms with van der Waals surface area (Å²) in [6, 6.07) is 7.74. The summed E-state index contributed by atoms with van der Waals surface area (Å²) in [6.07, 6.45) is 0.0998. The quantitative estimate of drug-likeness (QED) is 0.665. The largest absolute Gasteiger partial charge is 0.465 e. The SMILES string of the molecule is CC(C)(C)N(C(=O)O)c1ccc(CCI)cc1. The Kier molecular flexibility index (Phi) is 4.80. The number of halogens is 1. The second-order valence-corrected chi connectivity index (χ2v) is 5.97. The average molecular weight is 347 g/mol. The molecule has 0 atom stereocenters. The Morgan fingerprint density at radius 3 is 2.18 bits per heavy atom. The van der Waals surface area contributed by atoms with Crippen molar-refractivity contribution in [2.75, 3.05) is 9.33 Å². The van der Waals surface area contributed by atoms with Crippen LogP contribution in [0.15, 0.2) is 24.3 Å². The lowest BCUT2D eigenvalue weighted by molar-refractivity contribution is 0.195. The van der Waals surface area contributed by atoms with Crippen LogP contribution in [0.2, 0.25) is 0 Å². The molecular weight excluding hydrogens is 329 g/mol. The highest BCUT2D eigenvalue weighted by molar-refractivity contribution is 14.1. The van der Waals surface area contributed by atoms with Gasteiger partial charge in [-0.1, -0.05) is 34.7 Å². The topological polar surface area (TPSA) is 40.5 Å². The zero-order chi connectivity index (χ0) is 13.1. The first-order valence-electron chi connectivity index (χ1n) is 5.54. The minimum atomic E-state index is -0.917. The number of alkyl halides is 1. The van der Waals surface area contributed by atoms with Gasteiger partial charge in [0.1, 0.15) is 0 Å². The summed E-state index contributed by atoms with van der Waals surface area (Å²) in [5.74, 6) is 0. The molecule has 0 aliphatic carbocycles. The van der Waals surface area contributed by atoms with E-state index in [1.807, 2.05) is 45.0 Å². The van der Waals surface area contributed by atoms with Crippen molar-refractivity contribution in [1.29, 1.82) is 0 Å². The molecule has 0 heterocycles. The van der Waals surface area contributed by atoms with Crippen molar-refractivity contribution in [3.8, 4) is 0 Å². The molecule has 1 aromatic rings. The van der Waals surface area contributed by atoms with Gasteiger partial charge in [0.2, 0.25) is 0 Å². The molecule has 0 radical (unpaired) electrons. The number of anilines is 1. The van der Waals surface area contributed by atoms with Crippen LogP contribution in [0, 0.1) is 0 Å². The Labute approximate surface area is 116 Å². The summed E-state index contributed by atoms with van der Waals surface area (Å²) in [6.45, 7) is 5.67. The molecule has 94 valence electrons. The predicted molar refractivity (Wildman–Crippen MR) is 79.3 cm³/mol. The number of amides is 1. The van der Waals surface area contributed by atoms with E-state index in [1.54, 1.807) is 0 Å². The lowest BCUT2D eigenvalue weighted by Gasteiger charge is -2.33. The van der Waals surface area contributed by atoms with Crippen molar-refractivity contribution in [1.82, 2.24) is 0 Å². The molecule has 0 aliphatic heterocycles. The molecule has 4 heteroatoms. The molecule has 0 bridgehead atoms. The summed E-state index contributed by atoms with van der Waals surface area (Å²) in [4.78, 5) is 12.7. The average Bonchev–Trinajstić information content (AvgIpc) is 2.18. The molecule has 3 nitrogen and oxygen atoms in total. The highest BCUT2D eigenvalue weighted by Gasteiger charge is 2.27. The molecule has 0 fully saturated rings. The smallest absolute Gasteiger partial charge is 0.412 e. The van der Waals surface area contributed by atoms with E-state index in [4.69, 9.17) is 0 Å². The highest BCUT2D eigenvalue weighted by atomic mass is 127. The van der Waals surface area contributed by atoms with Gasteiger partial charge in [-0.3, -0.25) is 4.90 Å². The van der Waals surface area contributed by atoms with Crippen molar-refractivity contribution in [2.45, 2.75) is 32.7 Å². The van der Waals surface area contributed by atoms with E-state index < -0.39 is 11.6 Å². The van der Waals surface area contributed by atoms with Gasteiger partial charge < -0.3 is 5.11 Å². The van der Waals surface area contributed by atoms with Gasteiger partial charge in [-0.15, -0.1) is 0 Å². The molecule has 0 saturated heterocycles. The summed E-state index contributed by atoms with van der Waals surface area (Å²) < 4.78 is 1.07. The van der Waals surface area contributed by atoms with E-state index in [9.17, 15) is 9.90 Å². The van der Waals surface area contributed by atoms with Gasteiger partial charge in [0.25, 0.3) is 0 Å². The van der Waals surface area contributed by atoms with Gasteiger partial charge in [0.15, 0.2) is 0 Å². The van der Waals surface area contributed by atoms with Gasteiger partial charge in [0.05, 0.1) is 0 Å². The van der Waals surface area contributed by atoms with E-state index in [2.05, 4.69) is 22.6 Å². The number of carboxylic acid groups (broad SMARTS) is 1. The Balaban J connectivity index is 3.00. The third-order valence-electron chi connectivity index (χ3n) is 2.44. The van der Waals surface area contributed by atoms with E-state index in [0.717, 1.165) is 16.5 Å². The van der Waals surface area contributed by atoms with Crippen LogP contribution in [-0.4, -0.2) is 21.2 Å². The van der Waals surface area contributed by atoms with Gasteiger partial charge in [0, 0.05) is 15.7 Å². The first-order chi connectivity index (χ1) is 7.86. The van der Waals surface area contributed by atoms with Crippen LogP contribution in [-0.2, 0) is 6.42 Å². The molecule has 1 N–H and O–H groups in total. The molecule has 1 rings (SSSR count). The van der Waals surface area contributed by atoms with Crippen molar-refractivity contribution < 1.29 is 9.90 Å². The van der Waals surface area contributed by atoms with Crippen LogP contribution in [0.1, 0.15) is 26.3 Å². The standard InChI is InChI=1S/C13H18INO2/c1-13(2,3)15(12(16)17)11-6-4-10(5-7-11)8-9-14/h4-7H,8-9H2,1-3H3,(H,16,17). The third-order valence-corrected chi connectivity index (χ3v) is 2.98. The molecular formula is C13H18INO2. The first kappa shape index (κ1) is 14.3. The minimum absolute atomic E-state index is 0.434. The maximum atomic E-state index is 11.3. The lowest BCUT2D eigenvalue weighted by Crippen LogP contribution is -2.45. The van der Waals surface area contributed by atoms with Gasteiger partial charge in [-0.05, 0) is 44.9 Å². The third kappa shape index (κ3) is 3.87. The van der Waals surface area contributed by atoms with Crippen LogP contribution >= 0.6 is 22.6 Å². The maximum Gasteiger partial charge on any atom is 0.412 e. The van der Waals surface area contributed by atoms with Crippen LogP contribution in [0.25, 0.3) is 0 Å². The van der Waals surface area contributed by atoms with E-state index in [0.29, 0.717) is 0 Å². The number of aryl methyl sites for hydroxylation is 1. The monoisotopic (exact) mass is 347 g/mol. The molecule has 17 heavy (non-hydrogen) atoms. The zero-order valence-corrected chi connectivity index (χ0v) is 12.6. The van der Waals surface area contributed by atoms with Crippen molar-refractivity contribution in [3.05, 3.63) is 29.8 Å². The molecule has 0 unspecified atom stereocenters. The highest BCUT2D eigenvalue weighted by Crippen LogP contribution is 2.24. The molecule has 0 aromatic heterocycles. The van der Waals surface area contributed by atoms with Crippen LogP contribution in [0.3, 0.4) is 0 Å². The summed E-state index contributed by atoms with van der Waals surface area (Å²) in [5, 5.41) is 9.26. The van der Waals surface area contributed by atoms with Gasteiger partial charge in [-0.25, -0.2) is 4.79 Å². The Bertz CT molecular complexity index is 381. The Morgan fingerprint density at radius 1 is 1.29 bits per heavy atom. The zero-order valence-electron chi connectivity index (χ0n) is 10.4. The fourth-order valence-corrected chi connectivity index (χ4v) is 2.33. The van der Waals surface area contributed by atoms with E-state index in [1.165, 1.54) is 10.5 Å². The van der Waals surface area contributed by atoms with Gasteiger partial charge in [-0.2, -0.15) is 0 Å². The van der Waals surface area contributed by atoms with E-state index in [-0.39, 0.29) is 0 Å². The number of carbonyl (C=O) groups is 1. The molecule has 1 amide bonds. The molecule has 0 spiro atoms. The molecule has 0 saturated carbocycles. The minimum Gasteiger partial charge on any atom is -0.465 e. The first-order valence-corrected chi connectivity index (χ1v) is 7.07. The fourth-order valence-electron chi connectivity index (χ4n) is 1.71. The number of hydrogen-bond acceptors (Lipinski definition) is 1. The second kappa shape index (κ2) is 5.71. The number of nitrogens with zero attached hydrogens (tertiary/aromatic N) is 1. The van der Waals surface area contributed by atoms with Crippen LogP contribution in [0.5, 0.6) is 0 Å². The Hall–Kier alpha value is -0.780. The summed E-state index contributed by atoms with van der Waals surface area (Å²) in [5.41, 5.74) is 1.53. The summed E-state index contributed by atoms with van der Waals surface area (Å²) >= 11 is 2.33. The van der Waals surface area contributed by atoms with Gasteiger partial charge >= 0.3 is 6.09 Å². The fraction of sp³-hybridized carbons (Fsp3) is 0.462. The lowest BCUT2D eigenvalue weighted by atomic mass is 10.0. The predicted octanol–water partition coefficient (Wildman–Crippen LogP) is 3.95. The normalized spacial score (nSPS) is 11.3. The number of rotatable bonds is 3. The van der Waals surface area contributed by atoms with Crippen molar-refractivity contribution in [2.24, 2.45) is 0 Å². The molecule has 0 aliphatic rings. The van der Waals surface area contributed by atoms with Crippen LogP contribution < -0.4 is 4.90 Å². The molecule has 1 aromatic carbocycles. The van der Waals surface area contributed by atoms with Crippen LogP contribution in [0.4, 0.5) is 10.5 Å². The Morgan fingerprint density at radius 2 is 1.82 bits per heavy atom. The number of benzene rings is 1. The second-order valence-electron chi connectivity index (χ2n) is 4.89. The summed E-state index contributed by atoms with van der Waals surface area (Å²) in [7, 11) is 0. The maximum absolute atomic E-state index is 11.3. The van der Waals surface area contributed by atoms with Crippen molar-refractivity contribution in [3.63, 3.8) is 0 Å².